The zero-order chi connectivity index (χ0) is 29.2. The maximum absolute atomic E-state index is 10.8. The van der Waals surface area contributed by atoms with Gasteiger partial charge in [0.1, 0.15) is 0 Å². The van der Waals surface area contributed by atoms with Crippen molar-refractivity contribution in [1.82, 2.24) is 0 Å². The van der Waals surface area contributed by atoms with E-state index in [0.717, 1.165) is 12.8 Å². The van der Waals surface area contributed by atoms with E-state index < -0.39 is 7.60 Å². The zero-order valence-corrected chi connectivity index (χ0v) is 27.9. The van der Waals surface area contributed by atoms with Gasteiger partial charge in [-0.05, 0) is 57.8 Å². The van der Waals surface area contributed by atoms with Crippen LogP contribution in [0.4, 0.5) is 0 Å². The van der Waals surface area contributed by atoms with E-state index in [-0.39, 0.29) is 6.16 Å². The molecule has 0 rings (SSSR count). The van der Waals surface area contributed by atoms with E-state index in [1.165, 1.54) is 173 Å². The van der Waals surface area contributed by atoms with Crippen LogP contribution in [0.1, 0.15) is 200 Å². The van der Waals surface area contributed by atoms with Crippen LogP contribution in [0.2, 0.25) is 0 Å². The fourth-order valence-corrected chi connectivity index (χ4v) is 6.08. The molecule has 0 unspecified atom stereocenters. The summed E-state index contributed by atoms with van der Waals surface area (Å²) in [4.78, 5) is 17.7. The maximum Gasteiger partial charge on any atom is 0.325 e. The van der Waals surface area contributed by atoms with E-state index in [1.54, 1.807) is 0 Å². The molecule has 0 fully saturated rings. The Morgan fingerprint density at radius 1 is 0.375 bits per heavy atom. The quantitative estimate of drug-likeness (QED) is 0.0459. The Hall–Kier alpha value is -0.370. The summed E-state index contributed by atoms with van der Waals surface area (Å²) in [6.45, 7) is 2.29. The second-order valence-electron chi connectivity index (χ2n) is 12.3. The molecule has 0 radical (unpaired) electrons. The van der Waals surface area contributed by atoms with Crippen LogP contribution in [0.3, 0.4) is 0 Å². The SMILES string of the molecule is CCCCCCCC/C=C\CCCCCCCCCCCCCCCC/C=C\CCCCCCCCP(=O)(O)O. The van der Waals surface area contributed by atoms with Crippen molar-refractivity contribution in [2.75, 3.05) is 6.16 Å². The minimum Gasteiger partial charge on any atom is -0.324 e. The molecule has 3 nitrogen and oxygen atoms in total. The molecule has 4 heteroatoms. The van der Waals surface area contributed by atoms with Crippen LogP contribution in [-0.2, 0) is 4.57 Å². The summed E-state index contributed by atoms with van der Waals surface area (Å²) in [5, 5.41) is 0. The number of hydrogen-bond donors (Lipinski definition) is 2. The molecular formula is C36H71O3P. The van der Waals surface area contributed by atoms with E-state index in [9.17, 15) is 4.57 Å². The molecule has 0 saturated heterocycles. The van der Waals surface area contributed by atoms with Crippen molar-refractivity contribution in [2.24, 2.45) is 0 Å². The van der Waals surface area contributed by atoms with E-state index in [2.05, 4.69) is 31.2 Å². The van der Waals surface area contributed by atoms with Crippen molar-refractivity contribution in [3.05, 3.63) is 24.3 Å². The minimum atomic E-state index is -3.78. The molecule has 40 heavy (non-hydrogen) atoms. The number of hydrogen-bond acceptors (Lipinski definition) is 1. The smallest absolute Gasteiger partial charge is 0.324 e. The van der Waals surface area contributed by atoms with Crippen molar-refractivity contribution in [1.29, 1.82) is 0 Å². The number of rotatable bonds is 33. The first-order chi connectivity index (χ1) is 19.6. The molecule has 0 aromatic heterocycles. The fourth-order valence-electron chi connectivity index (χ4n) is 5.45. The molecule has 0 aromatic rings. The van der Waals surface area contributed by atoms with Crippen LogP contribution in [-0.4, -0.2) is 15.9 Å². The van der Waals surface area contributed by atoms with Gasteiger partial charge in [0, 0.05) is 6.16 Å². The molecule has 0 aromatic carbocycles. The minimum absolute atomic E-state index is 0.0496. The maximum atomic E-state index is 10.8. The van der Waals surface area contributed by atoms with E-state index >= 15 is 0 Å². The van der Waals surface area contributed by atoms with Gasteiger partial charge in [-0.1, -0.05) is 166 Å². The van der Waals surface area contributed by atoms with Gasteiger partial charge in [0.05, 0.1) is 0 Å². The predicted molar refractivity (Wildman–Crippen MR) is 179 cm³/mol. The predicted octanol–water partition coefficient (Wildman–Crippen LogP) is 13.0. The van der Waals surface area contributed by atoms with Crippen LogP contribution in [0, 0.1) is 0 Å². The fraction of sp³-hybridized carbons (Fsp3) is 0.889. The zero-order valence-electron chi connectivity index (χ0n) is 27.0. The summed E-state index contributed by atoms with van der Waals surface area (Å²) in [5.74, 6) is 0. The summed E-state index contributed by atoms with van der Waals surface area (Å²) < 4.78 is 10.8. The molecule has 0 aliphatic carbocycles. The summed E-state index contributed by atoms with van der Waals surface area (Å²) >= 11 is 0. The topological polar surface area (TPSA) is 57.5 Å². The summed E-state index contributed by atoms with van der Waals surface area (Å²) in [7, 11) is -3.78. The van der Waals surface area contributed by atoms with E-state index in [0.29, 0.717) is 6.42 Å². The van der Waals surface area contributed by atoms with Crippen molar-refractivity contribution in [3.63, 3.8) is 0 Å². The normalized spacial score (nSPS) is 12.4. The highest BCUT2D eigenvalue weighted by molar-refractivity contribution is 7.51. The Kier molecular flexibility index (Phi) is 32.8. The van der Waals surface area contributed by atoms with Crippen molar-refractivity contribution >= 4 is 7.60 Å². The van der Waals surface area contributed by atoms with Crippen LogP contribution in [0.15, 0.2) is 24.3 Å². The lowest BCUT2D eigenvalue weighted by molar-refractivity contribution is 0.370. The first kappa shape index (κ1) is 39.6. The Morgan fingerprint density at radius 3 is 0.850 bits per heavy atom. The highest BCUT2D eigenvalue weighted by atomic mass is 31.2. The van der Waals surface area contributed by atoms with Gasteiger partial charge in [-0.3, -0.25) is 4.57 Å². The highest BCUT2D eigenvalue weighted by Gasteiger charge is 2.10. The van der Waals surface area contributed by atoms with Crippen molar-refractivity contribution in [2.45, 2.75) is 200 Å². The molecule has 0 heterocycles. The van der Waals surface area contributed by atoms with Gasteiger partial charge in [0.15, 0.2) is 0 Å². The number of unbranched alkanes of at least 4 members (excludes halogenated alkanes) is 27. The highest BCUT2D eigenvalue weighted by Crippen LogP contribution is 2.35. The molecule has 0 spiro atoms. The molecule has 0 bridgehead atoms. The van der Waals surface area contributed by atoms with Crippen LogP contribution in [0.5, 0.6) is 0 Å². The lowest BCUT2D eigenvalue weighted by atomic mass is 10.0. The Morgan fingerprint density at radius 2 is 0.600 bits per heavy atom. The van der Waals surface area contributed by atoms with Gasteiger partial charge in [-0.2, -0.15) is 0 Å². The van der Waals surface area contributed by atoms with Crippen LogP contribution in [0.25, 0.3) is 0 Å². The molecule has 238 valence electrons. The lowest BCUT2D eigenvalue weighted by Gasteiger charge is -2.03. The lowest BCUT2D eigenvalue weighted by Crippen LogP contribution is -1.88. The largest absolute Gasteiger partial charge is 0.325 e. The second-order valence-corrected chi connectivity index (χ2v) is 14.1. The molecule has 0 saturated carbocycles. The third-order valence-electron chi connectivity index (χ3n) is 8.12. The molecule has 0 amide bonds. The molecule has 0 aliphatic rings. The van der Waals surface area contributed by atoms with Gasteiger partial charge in [0.25, 0.3) is 0 Å². The van der Waals surface area contributed by atoms with Crippen LogP contribution >= 0.6 is 7.60 Å². The second kappa shape index (κ2) is 33.1. The van der Waals surface area contributed by atoms with Crippen molar-refractivity contribution < 1.29 is 14.4 Å². The van der Waals surface area contributed by atoms with E-state index in [4.69, 9.17) is 9.79 Å². The molecule has 2 N–H and O–H groups in total. The Labute approximate surface area is 251 Å². The van der Waals surface area contributed by atoms with E-state index in [1.807, 2.05) is 0 Å². The van der Waals surface area contributed by atoms with Crippen LogP contribution < -0.4 is 0 Å². The molecule has 0 aliphatic heterocycles. The number of allylic oxidation sites excluding steroid dienone is 4. The molecule has 0 atom stereocenters. The average Bonchev–Trinajstić information content (AvgIpc) is 2.92. The van der Waals surface area contributed by atoms with Gasteiger partial charge >= 0.3 is 7.60 Å². The first-order valence-electron chi connectivity index (χ1n) is 17.9. The summed E-state index contributed by atoms with van der Waals surface area (Å²) in [6, 6.07) is 0. The first-order valence-corrected chi connectivity index (χ1v) is 19.7. The third-order valence-corrected chi connectivity index (χ3v) is 9.02. The van der Waals surface area contributed by atoms with Gasteiger partial charge < -0.3 is 9.79 Å². The summed E-state index contributed by atoms with van der Waals surface area (Å²) in [6.07, 6.45) is 49.3. The third kappa shape index (κ3) is 37.6. The Balaban J connectivity index is 3.14. The van der Waals surface area contributed by atoms with Crippen molar-refractivity contribution in [3.8, 4) is 0 Å². The van der Waals surface area contributed by atoms with Gasteiger partial charge in [0.2, 0.25) is 0 Å². The monoisotopic (exact) mass is 583 g/mol. The van der Waals surface area contributed by atoms with Gasteiger partial charge in [-0.15, -0.1) is 0 Å². The average molecular weight is 583 g/mol. The van der Waals surface area contributed by atoms with Gasteiger partial charge in [-0.25, -0.2) is 0 Å². The Bertz CT molecular complexity index is 581. The standard InChI is InChI=1S/C36H71O3P/c1-2-3-4-5-6-7-8-9-10-11-12-13-14-15-16-17-18-19-20-21-22-23-24-25-26-27-28-29-30-31-32-33-34-35-36-40(37,38)39/h9-10,27-28H,2-8,11-26,29-36H2,1H3,(H2,37,38,39)/b10-9-,28-27-. The molecular weight excluding hydrogens is 511 g/mol. The summed E-state index contributed by atoms with van der Waals surface area (Å²) in [5.41, 5.74) is 0.